The molecular formula is C17H26N4O9S3. The lowest BCUT2D eigenvalue weighted by Gasteiger charge is -2.35. The monoisotopic (exact) mass is 526 g/mol. The molecule has 0 bridgehead atoms. The maximum Gasteiger partial charge on any atom is 0.410 e. The number of thiophene rings is 1. The third-order valence-corrected chi connectivity index (χ3v) is 10.3. The molecule has 33 heavy (non-hydrogen) atoms. The zero-order valence-corrected chi connectivity index (χ0v) is 21.0. The average molecular weight is 527 g/mol. The van der Waals surface area contributed by atoms with Gasteiger partial charge in [-0.3, -0.25) is 0 Å². The molecule has 13 nitrogen and oxygen atoms in total. The van der Waals surface area contributed by atoms with Gasteiger partial charge in [0.25, 0.3) is 15.1 Å². The number of rotatable bonds is 10. The van der Waals surface area contributed by atoms with Crippen LogP contribution in [0.2, 0.25) is 0 Å². The average Bonchev–Trinajstić information content (AvgIpc) is 3.18. The minimum absolute atomic E-state index is 0.0555. The van der Waals surface area contributed by atoms with E-state index in [1.807, 2.05) is 0 Å². The Morgan fingerprint density at radius 3 is 2.64 bits per heavy atom. The summed E-state index contributed by atoms with van der Waals surface area (Å²) in [5, 5.41) is 8.37. The first kappa shape index (κ1) is 26.8. The van der Waals surface area contributed by atoms with Crippen molar-refractivity contribution in [2.24, 2.45) is 4.40 Å². The van der Waals surface area contributed by atoms with Crippen LogP contribution in [0.25, 0.3) is 0 Å². The van der Waals surface area contributed by atoms with E-state index in [9.17, 15) is 31.7 Å². The molecule has 1 amide bonds. The molecule has 2 atom stereocenters. The highest BCUT2D eigenvalue weighted by Gasteiger charge is 2.43. The van der Waals surface area contributed by atoms with E-state index in [4.69, 9.17) is 4.74 Å². The summed E-state index contributed by atoms with van der Waals surface area (Å²) in [6.45, 7) is 2.96. The third-order valence-electron chi connectivity index (χ3n) is 4.74. The summed E-state index contributed by atoms with van der Waals surface area (Å²) in [7, 11) is -4.75. The van der Waals surface area contributed by atoms with E-state index in [0.717, 1.165) is 6.34 Å². The van der Waals surface area contributed by atoms with Gasteiger partial charge in [0.05, 0.1) is 24.5 Å². The molecule has 1 aromatic heterocycles. The number of carbonyl (C=O) groups is 1. The number of carbonyl (C=O) groups excluding carboxylic acids is 1. The summed E-state index contributed by atoms with van der Waals surface area (Å²) in [6.07, 6.45) is 0.499. The fraction of sp³-hybridized carbons (Fsp3) is 0.647. The molecule has 0 aromatic carbocycles. The van der Waals surface area contributed by atoms with Crippen molar-refractivity contribution >= 4 is 43.6 Å². The van der Waals surface area contributed by atoms with Crippen molar-refractivity contribution in [3.63, 3.8) is 0 Å². The van der Waals surface area contributed by atoms with Crippen LogP contribution in [0.5, 0.6) is 0 Å². The molecule has 0 saturated carbocycles. The fourth-order valence-corrected chi connectivity index (χ4v) is 8.00. The molecule has 1 aliphatic heterocycles. The van der Waals surface area contributed by atoms with Crippen molar-refractivity contribution in [3.8, 4) is 0 Å². The normalized spacial score (nSPS) is 19.6. The van der Waals surface area contributed by atoms with E-state index in [0.29, 0.717) is 11.3 Å². The molecule has 1 unspecified atom stereocenters. The SMILES string of the molecule is CCN(C(=O)OCCCO[N+](=O)[O-])[C@H]1CC(C)S(=O)(=O)c2sc(S(=O)(=O)/N=C/N(C)C)cc21. The molecular weight excluding hydrogens is 500 g/mol. The largest absolute Gasteiger partial charge is 0.449 e. The predicted molar refractivity (Wildman–Crippen MR) is 119 cm³/mol. The lowest BCUT2D eigenvalue weighted by molar-refractivity contribution is -0.757. The third kappa shape index (κ3) is 6.32. The first-order chi connectivity index (χ1) is 15.3. The molecule has 2 rings (SSSR count). The maximum absolute atomic E-state index is 12.9. The van der Waals surface area contributed by atoms with Crippen LogP contribution in [0.4, 0.5) is 4.79 Å². The molecule has 186 valence electrons. The molecule has 0 radical (unpaired) electrons. The van der Waals surface area contributed by atoms with E-state index < -0.39 is 42.3 Å². The quantitative estimate of drug-likeness (QED) is 0.144. The van der Waals surface area contributed by atoms with Crippen LogP contribution in [-0.4, -0.2) is 83.3 Å². The molecule has 0 N–H and O–H groups in total. The van der Waals surface area contributed by atoms with Gasteiger partial charge in [-0.25, -0.2) is 13.2 Å². The predicted octanol–water partition coefficient (Wildman–Crippen LogP) is 1.69. The Morgan fingerprint density at radius 1 is 1.39 bits per heavy atom. The van der Waals surface area contributed by atoms with Crippen molar-refractivity contribution in [3.05, 3.63) is 21.7 Å². The molecule has 0 spiro atoms. The number of ether oxygens (including phenoxy) is 1. The standard InChI is InChI=1S/C17H26N4O9S3/c1-5-20(17(22)29-7-6-8-30-21(23)24)14-9-12(2)32(25,26)16-13(14)10-15(31-16)33(27,28)18-11-19(3)4/h10-12,14H,5-9H2,1-4H3/b18-11+/t12?,14-/m0/s1. The maximum atomic E-state index is 12.9. The molecule has 0 aliphatic carbocycles. The van der Waals surface area contributed by atoms with E-state index >= 15 is 0 Å². The minimum atomic E-state index is -4.14. The Bertz CT molecular complexity index is 1110. The summed E-state index contributed by atoms with van der Waals surface area (Å²) in [5.74, 6) is 0. The number of nitrogens with zero attached hydrogens (tertiary/aromatic N) is 4. The minimum Gasteiger partial charge on any atom is -0.449 e. The highest BCUT2D eigenvalue weighted by atomic mass is 32.3. The van der Waals surface area contributed by atoms with Crippen LogP contribution >= 0.6 is 11.3 Å². The molecule has 0 saturated heterocycles. The number of amides is 1. The van der Waals surface area contributed by atoms with Crippen LogP contribution in [0.1, 0.15) is 38.3 Å². The molecule has 16 heteroatoms. The summed E-state index contributed by atoms with van der Waals surface area (Å²) < 4.78 is 59.4. The van der Waals surface area contributed by atoms with Gasteiger partial charge in [-0.05, 0) is 26.3 Å². The number of hydrogen-bond acceptors (Lipinski definition) is 10. The number of sulfonamides is 1. The van der Waals surface area contributed by atoms with Crippen molar-refractivity contribution in [2.45, 2.75) is 46.4 Å². The van der Waals surface area contributed by atoms with Crippen LogP contribution in [0, 0.1) is 10.1 Å². The Balaban J connectivity index is 2.35. The lowest BCUT2D eigenvalue weighted by atomic mass is 10.0. The van der Waals surface area contributed by atoms with Crippen molar-refractivity contribution in [2.75, 3.05) is 33.9 Å². The summed E-state index contributed by atoms with van der Waals surface area (Å²) in [5.41, 5.74) is 0.201. The Kier molecular flexibility index (Phi) is 8.64. The summed E-state index contributed by atoms with van der Waals surface area (Å²) in [6, 6.07) is 0.515. The van der Waals surface area contributed by atoms with E-state index in [-0.39, 0.29) is 46.6 Å². The van der Waals surface area contributed by atoms with E-state index in [2.05, 4.69) is 9.24 Å². The van der Waals surface area contributed by atoms with Gasteiger partial charge in [0.2, 0.25) is 0 Å². The van der Waals surface area contributed by atoms with Crippen LogP contribution < -0.4 is 0 Å². The number of fused-ring (bicyclic) bond motifs is 1. The molecule has 1 aromatic rings. The second-order valence-electron chi connectivity index (χ2n) is 7.39. The zero-order chi connectivity index (χ0) is 25.0. The number of sulfone groups is 1. The van der Waals surface area contributed by atoms with Crippen LogP contribution in [0.3, 0.4) is 0 Å². The Labute approximate surface area is 196 Å². The topological polar surface area (TPSA) is 166 Å². The second kappa shape index (κ2) is 10.6. The lowest BCUT2D eigenvalue weighted by Crippen LogP contribution is -2.40. The highest BCUT2D eigenvalue weighted by molar-refractivity contribution is 7.96. The van der Waals surface area contributed by atoms with Gasteiger partial charge >= 0.3 is 6.09 Å². The van der Waals surface area contributed by atoms with Crippen LogP contribution in [0.15, 0.2) is 18.9 Å². The zero-order valence-electron chi connectivity index (χ0n) is 18.5. The van der Waals surface area contributed by atoms with Gasteiger partial charge in [-0.1, -0.05) is 0 Å². The van der Waals surface area contributed by atoms with Crippen LogP contribution in [-0.2, 0) is 29.4 Å². The van der Waals surface area contributed by atoms with Crippen molar-refractivity contribution < 1.29 is 36.3 Å². The van der Waals surface area contributed by atoms with Gasteiger partial charge < -0.3 is 19.4 Å². The van der Waals surface area contributed by atoms with Gasteiger partial charge in [0.1, 0.15) is 14.8 Å². The fourth-order valence-electron chi connectivity index (χ4n) is 3.12. The van der Waals surface area contributed by atoms with Gasteiger partial charge in [-0.15, -0.1) is 25.8 Å². The summed E-state index contributed by atoms with van der Waals surface area (Å²) in [4.78, 5) is 29.7. The van der Waals surface area contributed by atoms with Gasteiger partial charge in [0.15, 0.2) is 9.84 Å². The first-order valence-corrected chi connectivity index (χ1v) is 13.7. The first-order valence-electron chi connectivity index (χ1n) is 9.86. The Morgan fingerprint density at radius 2 is 2.06 bits per heavy atom. The van der Waals surface area contributed by atoms with Gasteiger partial charge in [-0.2, -0.15) is 8.42 Å². The van der Waals surface area contributed by atoms with E-state index in [1.165, 1.54) is 22.8 Å². The van der Waals surface area contributed by atoms with Gasteiger partial charge in [0, 0.05) is 32.6 Å². The van der Waals surface area contributed by atoms with E-state index in [1.54, 1.807) is 21.0 Å². The second-order valence-corrected chi connectivity index (χ2v) is 12.9. The van der Waals surface area contributed by atoms with Crippen molar-refractivity contribution in [1.82, 2.24) is 9.80 Å². The highest BCUT2D eigenvalue weighted by Crippen LogP contribution is 2.45. The molecule has 1 aliphatic rings. The summed E-state index contributed by atoms with van der Waals surface area (Å²) >= 11 is 0.608. The van der Waals surface area contributed by atoms with Crippen molar-refractivity contribution in [1.29, 1.82) is 0 Å². The smallest absolute Gasteiger partial charge is 0.410 e. The molecule has 0 fully saturated rings. The number of hydrogen-bond donors (Lipinski definition) is 0. The molecule has 2 heterocycles. The Hall–Kier alpha value is -2.46.